The molecule has 0 heterocycles. The number of phosphoric acid groups is 1. The van der Waals surface area contributed by atoms with E-state index in [1.54, 1.807) is 0 Å². The van der Waals surface area contributed by atoms with Crippen LogP contribution in [0.25, 0.3) is 0 Å². The van der Waals surface area contributed by atoms with Crippen molar-refractivity contribution >= 4 is 94.4 Å². The number of hydrogen-bond acceptors (Lipinski definition) is 7. The van der Waals surface area contributed by atoms with Gasteiger partial charge in [0.25, 0.3) is 0 Å². The summed E-state index contributed by atoms with van der Waals surface area (Å²) in [4.78, 5) is 25.6. The molecule has 0 aliphatic rings. The van der Waals surface area contributed by atoms with Gasteiger partial charge in [0.2, 0.25) is 0 Å². The average molecular weight is 1280 g/mol. The number of aryl methyl sites for hydroxylation is 3. The summed E-state index contributed by atoms with van der Waals surface area (Å²) < 4.78 is 8.55. The van der Waals surface area contributed by atoms with E-state index >= 15 is 0 Å². The zero-order chi connectivity index (χ0) is 64.3. The molecule has 0 fully saturated rings. The fourth-order valence-corrected chi connectivity index (χ4v) is 24.5. The third-order valence-corrected chi connectivity index (χ3v) is 29.8. The molecule has 0 bridgehead atoms. The molecule has 0 unspecified atom stereocenters. The first-order valence-corrected chi connectivity index (χ1v) is 38.6. The molecule has 3 N–H and O–H groups in total. The van der Waals surface area contributed by atoms with Gasteiger partial charge < -0.3 is 35.2 Å². The first kappa shape index (κ1) is 67.8. The van der Waals surface area contributed by atoms with E-state index in [0.717, 1.165) is 38.1 Å². The van der Waals surface area contributed by atoms with Gasteiger partial charge in [-0.2, -0.15) is 7.82 Å². The second-order valence-electron chi connectivity index (χ2n) is 22.3. The highest BCUT2D eigenvalue weighted by Gasteiger charge is 2.47. The monoisotopic (exact) mass is 1280 g/mol. The van der Waals surface area contributed by atoms with Crippen LogP contribution in [0.4, 0.5) is 17.1 Å². The molecule has 12 aromatic rings. The van der Waals surface area contributed by atoms with Crippen molar-refractivity contribution in [2.24, 2.45) is 0 Å². The summed E-state index contributed by atoms with van der Waals surface area (Å²) in [5.41, 5.74) is 7.53. The molecule has 0 aliphatic heterocycles. The predicted molar refractivity (Wildman–Crippen MR) is 397 cm³/mol. The Morgan fingerprint density at radius 2 is 0.370 bits per heavy atom. The van der Waals surface area contributed by atoms with Gasteiger partial charge in [-0.3, -0.25) is 0 Å². The molecule has 92 heavy (non-hydrogen) atoms. The number of hydrogen-bond donors (Lipinski definition) is 3. The third kappa shape index (κ3) is 17.9. The molecule has 11 heteroatoms. The van der Waals surface area contributed by atoms with Crippen LogP contribution in [0.5, 0.6) is 0 Å². The van der Waals surface area contributed by atoms with Gasteiger partial charge in [-0.1, -0.05) is 218 Å². The minimum atomic E-state index is -5.39. The minimum absolute atomic E-state index is 0.928. The molecule has 0 amide bonds. The maximum absolute atomic E-state index is 8.55. The normalized spacial score (nSPS) is 11.2. The molecule has 0 saturated carbocycles. The molecule has 464 valence electrons. The zero-order valence-corrected chi connectivity index (χ0v) is 56.2. The Bertz CT molecular complexity index is 3410. The highest BCUT2D eigenvalue weighted by molar-refractivity contribution is 7.96. The van der Waals surface area contributed by atoms with Gasteiger partial charge in [0.15, 0.2) is 0 Å². The number of anilines is 3. The van der Waals surface area contributed by atoms with Gasteiger partial charge in [-0.05, 0) is 165 Å². The number of rotatable bonds is 21. The molecule has 0 saturated heterocycles. The summed E-state index contributed by atoms with van der Waals surface area (Å²) in [5, 5.41) is 24.0. The molecular formula is C81H81N3O4P4. The van der Waals surface area contributed by atoms with Gasteiger partial charge >= 0.3 is 0 Å². The summed E-state index contributed by atoms with van der Waals surface area (Å²) in [6.45, 7) is 9.27. The van der Waals surface area contributed by atoms with Crippen LogP contribution in [-0.2, 0) is 4.57 Å². The summed E-state index contributed by atoms with van der Waals surface area (Å²) in [7, 11) is -10.7. The molecule has 0 aliphatic carbocycles. The Morgan fingerprint density at radius 1 is 0.239 bits per heavy atom. The highest BCUT2D eigenvalue weighted by atomic mass is 31.2. The molecule has 12 rings (SSSR count). The van der Waals surface area contributed by atoms with E-state index in [1.165, 1.54) is 81.5 Å². The van der Waals surface area contributed by atoms with Crippen molar-refractivity contribution in [1.82, 2.24) is 0 Å². The van der Waals surface area contributed by atoms with Crippen LogP contribution in [0, 0.1) is 20.8 Å². The summed E-state index contributed by atoms with van der Waals surface area (Å²) in [6.07, 6.45) is 3.21. The lowest BCUT2D eigenvalue weighted by Gasteiger charge is -2.36. The van der Waals surface area contributed by atoms with Crippen LogP contribution in [0.2, 0.25) is 0 Å². The van der Waals surface area contributed by atoms with Gasteiger partial charge in [-0.15, -0.1) is 0 Å². The van der Waals surface area contributed by atoms with Crippen molar-refractivity contribution in [2.45, 2.75) is 20.8 Å². The van der Waals surface area contributed by atoms with Crippen molar-refractivity contribution in [1.29, 1.82) is 0 Å². The molecule has 0 aromatic heterocycles. The van der Waals surface area contributed by atoms with Crippen LogP contribution in [0.15, 0.2) is 346 Å². The summed E-state index contributed by atoms with van der Waals surface area (Å²) in [5.74, 6) is 0. The third-order valence-electron chi connectivity index (χ3n) is 16.5. The van der Waals surface area contributed by atoms with Gasteiger partial charge in [0.05, 0.1) is 18.5 Å². The second-order valence-corrected chi connectivity index (χ2v) is 34.0. The predicted octanol–water partition coefficient (Wildman–Crippen LogP) is 13.4. The molecule has 7 nitrogen and oxygen atoms in total. The largest absolute Gasteiger partial charge is 0.822 e. The van der Waals surface area contributed by atoms with E-state index in [0.29, 0.717) is 0 Å². The Labute approximate surface area is 547 Å². The minimum Gasteiger partial charge on any atom is -0.822 e. The van der Waals surface area contributed by atoms with Gasteiger partial charge in [0, 0.05) is 36.7 Å². The maximum Gasteiger partial charge on any atom is 0.113 e. The second kappa shape index (κ2) is 34.2. The number of nitrogens with one attached hydrogen (secondary N) is 3. The smallest absolute Gasteiger partial charge is 0.113 e. The summed E-state index contributed by atoms with van der Waals surface area (Å²) >= 11 is 0. The Kier molecular flexibility index (Phi) is 25.2. The van der Waals surface area contributed by atoms with Crippen molar-refractivity contribution < 1.29 is 19.2 Å². The lowest BCUT2D eigenvalue weighted by atomic mass is 10.2. The zero-order valence-electron chi connectivity index (χ0n) is 52.6. The van der Waals surface area contributed by atoms with Crippen LogP contribution in [0.1, 0.15) is 16.7 Å². The van der Waals surface area contributed by atoms with Crippen LogP contribution in [-0.4, -0.2) is 38.1 Å². The van der Waals surface area contributed by atoms with Gasteiger partial charge in [-0.25, -0.2) is 0 Å². The quantitative estimate of drug-likeness (QED) is 0.0613. The van der Waals surface area contributed by atoms with E-state index in [4.69, 9.17) is 19.2 Å². The van der Waals surface area contributed by atoms with Crippen LogP contribution >= 0.6 is 29.6 Å². The average Bonchev–Trinajstić information content (AvgIpc) is 0.797. The topological polar surface area (TPSA) is 122 Å². The van der Waals surface area contributed by atoms with Crippen LogP contribution in [0.3, 0.4) is 0 Å². The van der Waals surface area contributed by atoms with Crippen molar-refractivity contribution in [2.75, 3.05) is 54.1 Å². The summed E-state index contributed by atoms with van der Waals surface area (Å²) in [6, 6.07) is 125. The maximum atomic E-state index is 8.55. The number of para-hydroxylation sites is 3. The molecule has 0 radical (unpaired) electrons. The molecular weight excluding hydrogens is 1200 g/mol. The van der Waals surface area contributed by atoms with E-state index in [9.17, 15) is 0 Å². The Hall–Kier alpha value is -8.56. The van der Waals surface area contributed by atoms with E-state index in [2.05, 4.69) is 383 Å². The van der Waals surface area contributed by atoms with Crippen molar-refractivity contribution in [3.63, 3.8) is 0 Å². The standard InChI is InChI=1S/3C27H27NP.H3O4P/c3*1-23-13-11-12-20-27(23)28-21-22-29(24-14-5-2-6-15-24,25-16-7-3-8-17-25)26-18-9-4-10-19-26;1-5(2,3)4/h3*2-20,28H,21-22H2,1H3;(H3,1,2,3,4)/q3*+1;/p-3. The van der Waals surface area contributed by atoms with E-state index in [-0.39, 0.29) is 0 Å². The lowest BCUT2D eigenvalue weighted by Crippen LogP contribution is -2.35. The molecule has 0 atom stereocenters. The highest BCUT2D eigenvalue weighted by Crippen LogP contribution is 2.57. The van der Waals surface area contributed by atoms with Crippen LogP contribution < -0.4 is 78.4 Å². The van der Waals surface area contributed by atoms with E-state index in [1.807, 2.05) is 0 Å². The fraction of sp³-hybridized carbons (Fsp3) is 0.111. The molecule has 12 aromatic carbocycles. The first-order valence-electron chi connectivity index (χ1n) is 31.2. The Morgan fingerprint density at radius 3 is 0.511 bits per heavy atom. The first-order chi connectivity index (χ1) is 44.9. The lowest BCUT2D eigenvalue weighted by molar-refractivity contribution is -0.432. The molecule has 0 spiro atoms. The fourth-order valence-electron chi connectivity index (χ4n) is 12.0. The van der Waals surface area contributed by atoms with Crippen molar-refractivity contribution in [3.05, 3.63) is 362 Å². The van der Waals surface area contributed by atoms with E-state index < -0.39 is 29.6 Å². The van der Waals surface area contributed by atoms with Crippen molar-refractivity contribution in [3.8, 4) is 0 Å². The Balaban J connectivity index is 0.000000157. The number of benzene rings is 12. The van der Waals surface area contributed by atoms with Gasteiger partial charge in [0.1, 0.15) is 69.5 Å². The SMILES string of the molecule is Cc1ccccc1NCC[P+](c1ccccc1)(c1ccccc1)c1ccccc1.Cc1ccccc1NCC[P+](c1ccccc1)(c1ccccc1)c1ccccc1.Cc1ccccc1NCC[P+](c1ccccc1)(c1ccccc1)c1ccccc1.O=P([O-])([O-])[O-].